The Morgan fingerprint density at radius 3 is 2.85 bits per heavy atom. The fourth-order valence-electron chi connectivity index (χ4n) is 2.17. The minimum atomic E-state index is -0.385. The van der Waals surface area contributed by atoms with Gasteiger partial charge in [-0.15, -0.1) is 0 Å². The summed E-state index contributed by atoms with van der Waals surface area (Å²) in [6.07, 6.45) is 2.88. The fourth-order valence-corrected chi connectivity index (χ4v) is 2.17. The summed E-state index contributed by atoms with van der Waals surface area (Å²) in [6, 6.07) is 4.02. The van der Waals surface area contributed by atoms with E-state index in [0.29, 0.717) is 13.1 Å². The van der Waals surface area contributed by atoms with Crippen molar-refractivity contribution in [2.24, 2.45) is 0 Å². The molecule has 0 amide bonds. The maximum atomic E-state index is 12.2. The standard InChI is InChI=1S/C14H22FN5/c1-3-6-20-14(9-12(2)17-20)11-16-10-13-4-7-19(18-13)8-5-15/h4,7,9,16H,3,5-6,8,10-11H2,1-2H3. The number of nitrogens with zero attached hydrogens (tertiary/aromatic N) is 4. The SMILES string of the molecule is CCCn1nc(C)cc1CNCc1ccn(CCF)n1. The predicted octanol–water partition coefficient (Wildman–Crippen LogP) is 2.06. The van der Waals surface area contributed by atoms with Gasteiger partial charge in [-0.1, -0.05) is 6.92 Å². The number of nitrogens with one attached hydrogen (secondary N) is 1. The van der Waals surface area contributed by atoms with Crippen molar-refractivity contribution in [1.82, 2.24) is 24.9 Å². The molecule has 0 fully saturated rings. The molecule has 2 aromatic heterocycles. The molecule has 0 aliphatic heterocycles. The number of aromatic nitrogens is 4. The molecule has 0 saturated heterocycles. The molecule has 0 spiro atoms. The van der Waals surface area contributed by atoms with Crippen LogP contribution < -0.4 is 5.32 Å². The molecule has 0 atom stereocenters. The highest BCUT2D eigenvalue weighted by molar-refractivity contribution is 5.09. The lowest BCUT2D eigenvalue weighted by Gasteiger charge is -2.06. The first kappa shape index (κ1) is 14.7. The van der Waals surface area contributed by atoms with Crippen molar-refractivity contribution in [1.29, 1.82) is 0 Å². The van der Waals surface area contributed by atoms with Crippen LogP contribution in [0.1, 0.15) is 30.4 Å². The summed E-state index contributed by atoms with van der Waals surface area (Å²) < 4.78 is 15.9. The van der Waals surface area contributed by atoms with Crippen LogP contribution in [0.4, 0.5) is 4.39 Å². The summed E-state index contributed by atoms with van der Waals surface area (Å²) in [5.41, 5.74) is 3.16. The van der Waals surface area contributed by atoms with E-state index in [1.807, 2.05) is 23.9 Å². The number of hydrogen-bond acceptors (Lipinski definition) is 3. The third-order valence-corrected chi connectivity index (χ3v) is 3.04. The first-order valence-electron chi connectivity index (χ1n) is 7.05. The van der Waals surface area contributed by atoms with Gasteiger partial charge in [0.15, 0.2) is 0 Å². The van der Waals surface area contributed by atoms with Crippen molar-refractivity contribution in [3.8, 4) is 0 Å². The number of alkyl halides is 1. The number of aryl methyl sites for hydroxylation is 3. The van der Waals surface area contributed by atoms with E-state index in [1.54, 1.807) is 4.68 Å². The average Bonchev–Trinajstić information content (AvgIpc) is 2.98. The van der Waals surface area contributed by atoms with Crippen molar-refractivity contribution < 1.29 is 4.39 Å². The van der Waals surface area contributed by atoms with Gasteiger partial charge in [0, 0.05) is 25.8 Å². The molecule has 110 valence electrons. The van der Waals surface area contributed by atoms with Crippen LogP contribution in [0.25, 0.3) is 0 Å². The molecule has 1 N–H and O–H groups in total. The molecule has 0 unspecified atom stereocenters. The van der Waals surface area contributed by atoms with Crippen LogP contribution in [0.15, 0.2) is 18.3 Å². The van der Waals surface area contributed by atoms with Crippen molar-refractivity contribution >= 4 is 0 Å². The van der Waals surface area contributed by atoms with Crippen LogP contribution in [-0.2, 0) is 26.2 Å². The Hall–Kier alpha value is -1.69. The lowest BCUT2D eigenvalue weighted by atomic mass is 10.3. The Labute approximate surface area is 118 Å². The molecule has 2 aromatic rings. The van der Waals surface area contributed by atoms with Gasteiger partial charge < -0.3 is 5.32 Å². The van der Waals surface area contributed by atoms with E-state index in [2.05, 4.69) is 28.5 Å². The average molecular weight is 279 g/mol. The summed E-state index contributed by atoms with van der Waals surface area (Å²) in [6.45, 7) is 6.47. The van der Waals surface area contributed by atoms with Gasteiger partial charge in [-0.25, -0.2) is 4.39 Å². The van der Waals surface area contributed by atoms with E-state index in [-0.39, 0.29) is 6.67 Å². The Morgan fingerprint density at radius 2 is 2.10 bits per heavy atom. The maximum Gasteiger partial charge on any atom is 0.109 e. The molecule has 2 rings (SSSR count). The van der Waals surface area contributed by atoms with Crippen LogP contribution in [0.2, 0.25) is 0 Å². The van der Waals surface area contributed by atoms with E-state index in [4.69, 9.17) is 0 Å². The molecule has 0 radical (unpaired) electrons. The first-order valence-corrected chi connectivity index (χ1v) is 7.05. The summed E-state index contributed by atoms with van der Waals surface area (Å²) in [7, 11) is 0. The smallest absolute Gasteiger partial charge is 0.109 e. The zero-order valence-electron chi connectivity index (χ0n) is 12.1. The number of halogens is 1. The van der Waals surface area contributed by atoms with Crippen LogP contribution in [-0.4, -0.2) is 26.2 Å². The molecule has 0 saturated carbocycles. The summed E-state index contributed by atoms with van der Waals surface area (Å²) in [5, 5.41) is 12.1. The van der Waals surface area contributed by atoms with Gasteiger partial charge >= 0.3 is 0 Å². The second-order valence-electron chi connectivity index (χ2n) is 4.86. The van der Waals surface area contributed by atoms with Gasteiger partial charge in [0.1, 0.15) is 6.67 Å². The largest absolute Gasteiger partial charge is 0.305 e. The van der Waals surface area contributed by atoms with Crippen LogP contribution >= 0.6 is 0 Å². The van der Waals surface area contributed by atoms with Gasteiger partial charge in [0.25, 0.3) is 0 Å². The molecule has 5 nitrogen and oxygen atoms in total. The third-order valence-electron chi connectivity index (χ3n) is 3.04. The van der Waals surface area contributed by atoms with Gasteiger partial charge in [0.05, 0.1) is 23.6 Å². The van der Waals surface area contributed by atoms with Gasteiger partial charge in [-0.05, 0) is 25.5 Å². The molecule has 20 heavy (non-hydrogen) atoms. The zero-order valence-corrected chi connectivity index (χ0v) is 12.1. The highest BCUT2D eigenvalue weighted by Gasteiger charge is 2.05. The maximum absolute atomic E-state index is 12.2. The second-order valence-corrected chi connectivity index (χ2v) is 4.86. The molecule has 0 bridgehead atoms. The topological polar surface area (TPSA) is 47.7 Å². The number of hydrogen-bond donors (Lipinski definition) is 1. The van der Waals surface area contributed by atoms with Crippen molar-refractivity contribution in [3.05, 3.63) is 35.4 Å². The minimum absolute atomic E-state index is 0.322. The van der Waals surface area contributed by atoms with Gasteiger partial charge in [-0.3, -0.25) is 9.36 Å². The molecule has 6 heteroatoms. The minimum Gasteiger partial charge on any atom is -0.305 e. The lowest BCUT2D eigenvalue weighted by Crippen LogP contribution is -2.17. The molecule has 2 heterocycles. The lowest BCUT2D eigenvalue weighted by molar-refractivity contribution is 0.425. The fraction of sp³-hybridized carbons (Fsp3) is 0.571. The number of rotatable bonds is 8. The summed E-state index contributed by atoms with van der Waals surface area (Å²) in [5.74, 6) is 0. The molecular formula is C14H22FN5. The Bertz CT molecular complexity index is 531. The van der Waals surface area contributed by atoms with Crippen LogP contribution in [0, 0.1) is 6.92 Å². The van der Waals surface area contributed by atoms with Crippen LogP contribution in [0.3, 0.4) is 0 Å². The van der Waals surface area contributed by atoms with E-state index in [1.165, 1.54) is 5.69 Å². The normalized spacial score (nSPS) is 11.2. The Kier molecular flexibility index (Phi) is 5.29. The zero-order chi connectivity index (χ0) is 14.4. The second kappa shape index (κ2) is 7.19. The highest BCUT2D eigenvalue weighted by Crippen LogP contribution is 2.05. The van der Waals surface area contributed by atoms with Crippen molar-refractivity contribution in [2.45, 2.75) is 46.4 Å². The molecular weight excluding hydrogens is 257 g/mol. The third kappa shape index (κ3) is 3.90. The van der Waals surface area contributed by atoms with Crippen molar-refractivity contribution in [2.75, 3.05) is 6.67 Å². The predicted molar refractivity (Wildman–Crippen MR) is 76.0 cm³/mol. The van der Waals surface area contributed by atoms with Gasteiger partial charge in [0.2, 0.25) is 0 Å². The van der Waals surface area contributed by atoms with E-state index >= 15 is 0 Å². The Balaban J connectivity index is 1.85. The summed E-state index contributed by atoms with van der Waals surface area (Å²) >= 11 is 0. The molecule has 0 aliphatic carbocycles. The van der Waals surface area contributed by atoms with Gasteiger partial charge in [-0.2, -0.15) is 10.2 Å². The van der Waals surface area contributed by atoms with Crippen molar-refractivity contribution in [3.63, 3.8) is 0 Å². The Morgan fingerprint density at radius 1 is 1.25 bits per heavy atom. The quantitative estimate of drug-likeness (QED) is 0.804. The monoisotopic (exact) mass is 279 g/mol. The first-order chi connectivity index (χ1) is 9.72. The van der Waals surface area contributed by atoms with E-state index < -0.39 is 0 Å². The van der Waals surface area contributed by atoms with E-state index in [9.17, 15) is 4.39 Å². The highest BCUT2D eigenvalue weighted by atomic mass is 19.1. The molecule has 0 aromatic carbocycles. The molecule has 0 aliphatic rings. The van der Waals surface area contributed by atoms with E-state index in [0.717, 1.165) is 30.9 Å². The summed E-state index contributed by atoms with van der Waals surface area (Å²) in [4.78, 5) is 0. The van der Waals surface area contributed by atoms with Crippen LogP contribution in [0.5, 0.6) is 0 Å².